The van der Waals surface area contributed by atoms with Crippen LogP contribution in [0.1, 0.15) is 37.7 Å². The Bertz CT molecular complexity index is 401. The highest BCUT2D eigenvalue weighted by Gasteiger charge is 2.39. The molecule has 1 atom stereocenters. The lowest BCUT2D eigenvalue weighted by atomic mass is 9.77. The maximum absolute atomic E-state index is 5.96. The van der Waals surface area contributed by atoms with Gasteiger partial charge in [-0.15, -0.1) is 0 Å². The van der Waals surface area contributed by atoms with Gasteiger partial charge in [0.25, 0.3) is 0 Å². The Kier molecular flexibility index (Phi) is 5.43. The lowest BCUT2D eigenvalue weighted by molar-refractivity contribution is -0.0657. The zero-order valence-corrected chi connectivity index (χ0v) is 13.5. The third kappa shape index (κ3) is 3.59. The third-order valence-corrected chi connectivity index (χ3v) is 4.91. The molecule has 0 heterocycles. The fourth-order valence-electron chi connectivity index (χ4n) is 3.30. The van der Waals surface area contributed by atoms with Gasteiger partial charge in [0.05, 0.1) is 5.60 Å². The van der Waals surface area contributed by atoms with E-state index in [2.05, 4.69) is 52.6 Å². The highest BCUT2D eigenvalue weighted by Crippen LogP contribution is 2.35. The van der Waals surface area contributed by atoms with Gasteiger partial charge in [-0.25, -0.2) is 0 Å². The van der Waals surface area contributed by atoms with Crippen LogP contribution in [0.15, 0.2) is 28.7 Å². The zero-order valence-electron chi connectivity index (χ0n) is 11.9. The molecule has 1 aromatic carbocycles. The van der Waals surface area contributed by atoms with Gasteiger partial charge in [-0.3, -0.25) is 0 Å². The van der Waals surface area contributed by atoms with E-state index in [9.17, 15) is 0 Å². The third-order valence-electron chi connectivity index (χ3n) is 4.42. The predicted molar refractivity (Wildman–Crippen MR) is 83.5 cm³/mol. The van der Waals surface area contributed by atoms with Crippen molar-refractivity contribution >= 4 is 15.9 Å². The van der Waals surface area contributed by atoms with Crippen LogP contribution in [0.25, 0.3) is 0 Å². The van der Waals surface area contributed by atoms with Crippen molar-refractivity contribution in [3.8, 4) is 0 Å². The van der Waals surface area contributed by atoms with E-state index in [1.165, 1.54) is 37.7 Å². The van der Waals surface area contributed by atoms with Crippen LogP contribution in [0.2, 0.25) is 0 Å². The Balaban J connectivity index is 2.14. The molecule has 106 valence electrons. The van der Waals surface area contributed by atoms with Crippen LogP contribution in [0.3, 0.4) is 0 Å². The molecule has 1 aliphatic rings. The smallest absolute Gasteiger partial charge is 0.0834 e. The van der Waals surface area contributed by atoms with Crippen molar-refractivity contribution in [2.75, 3.05) is 14.2 Å². The first-order valence-corrected chi connectivity index (χ1v) is 7.96. The van der Waals surface area contributed by atoms with Crippen LogP contribution in [0.5, 0.6) is 0 Å². The minimum atomic E-state index is 0.00924. The summed E-state index contributed by atoms with van der Waals surface area (Å²) in [5.41, 5.74) is 1.37. The molecule has 0 radical (unpaired) electrons. The van der Waals surface area contributed by atoms with Gasteiger partial charge in [0.15, 0.2) is 0 Å². The van der Waals surface area contributed by atoms with Gasteiger partial charge < -0.3 is 10.1 Å². The van der Waals surface area contributed by atoms with Gasteiger partial charge in [-0.05, 0) is 44.0 Å². The second-order valence-electron chi connectivity index (χ2n) is 5.50. The van der Waals surface area contributed by atoms with Crippen LogP contribution in [0.4, 0.5) is 0 Å². The lowest BCUT2D eigenvalue weighted by Crippen LogP contribution is -2.53. The van der Waals surface area contributed by atoms with Crippen LogP contribution in [-0.2, 0) is 11.2 Å². The van der Waals surface area contributed by atoms with Gasteiger partial charge in [0.1, 0.15) is 0 Å². The molecule has 3 heteroatoms. The number of methoxy groups -OCH3 is 1. The molecule has 0 aliphatic heterocycles. The van der Waals surface area contributed by atoms with Crippen molar-refractivity contribution < 1.29 is 4.74 Å². The molecular weight excluding hydrogens is 302 g/mol. The van der Waals surface area contributed by atoms with E-state index in [1.54, 1.807) is 0 Å². The Morgan fingerprint density at radius 3 is 2.63 bits per heavy atom. The molecule has 0 bridgehead atoms. The number of likely N-dealkylation sites (N-methyl/N-ethyl adjacent to an activating group) is 1. The van der Waals surface area contributed by atoms with E-state index >= 15 is 0 Å². The first kappa shape index (κ1) is 15.0. The molecule has 1 fully saturated rings. The molecule has 1 aromatic rings. The first-order valence-electron chi connectivity index (χ1n) is 7.17. The van der Waals surface area contributed by atoms with Crippen LogP contribution in [-0.4, -0.2) is 25.8 Å². The van der Waals surface area contributed by atoms with E-state index in [0.29, 0.717) is 6.04 Å². The summed E-state index contributed by atoms with van der Waals surface area (Å²) in [6.07, 6.45) is 7.27. The summed E-state index contributed by atoms with van der Waals surface area (Å²) in [5, 5.41) is 3.49. The van der Waals surface area contributed by atoms with E-state index < -0.39 is 0 Å². The molecule has 1 N–H and O–H groups in total. The first-order chi connectivity index (χ1) is 9.20. The Labute approximate surface area is 125 Å². The van der Waals surface area contributed by atoms with Gasteiger partial charge in [-0.2, -0.15) is 0 Å². The molecule has 1 saturated carbocycles. The topological polar surface area (TPSA) is 21.3 Å². The minimum Gasteiger partial charge on any atom is -0.377 e. The van der Waals surface area contributed by atoms with Crippen molar-refractivity contribution in [1.82, 2.24) is 5.32 Å². The molecule has 0 amide bonds. The van der Waals surface area contributed by atoms with Crippen molar-refractivity contribution in [1.29, 1.82) is 0 Å². The normalized spacial score (nSPS) is 20.2. The van der Waals surface area contributed by atoms with Crippen LogP contribution >= 0.6 is 15.9 Å². The molecule has 0 saturated heterocycles. The summed E-state index contributed by atoms with van der Waals surface area (Å²) in [6.45, 7) is 0. The fraction of sp³-hybridized carbons (Fsp3) is 0.625. The predicted octanol–water partition coefficient (Wildman–Crippen LogP) is 3.93. The largest absolute Gasteiger partial charge is 0.377 e. The number of rotatable bonds is 5. The number of hydrogen-bond donors (Lipinski definition) is 1. The van der Waals surface area contributed by atoms with E-state index in [0.717, 1.165) is 10.9 Å². The Hall–Kier alpha value is -0.380. The van der Waals surface area contributed by atoms with Gasteiger partial charge in [0, 0.05) is 17.6 Å². The maximum Gasteiger partial charge on any atom is 0.0834 e. The number of nitrogens with one attached hydrogen (secondary N) is 1. The van der Waals surface area contributed by atoms with Crippen LogP contribution in [0, 0.1) is 0 Å². The number of benzene rings is 1. The maximum atomic E-state index is 5.96. The van der Waals surface area contributed by atoms with Crippen molar-refractivity contribution in [2.24, 2.45) is 0 Å². The molecule has 2 nitrogen and oxygen atoms in total. The molecule has 19 heavy (non-hydrogen) atoms. The summed E-state index contributed by atoms with van der Waals surface area (Å²) >= 11 is 3.55. The Morgan fingerprint density at radius 2 is 2.05 bits per heavy atom. The zero-order chi connectivity index (χ0) is 13.7. The summed E-state index contributed by atoms with van der Waals surface area (Å²) < 4.78 is 7.11. The van der Waals surface area contributed by atoms with Crippen molar-refractivity contribution in [3.63, 3.8) is 0 Å². The van der Waals surface area contributed by atoms with Crippen molar-refractivity contribution in [2.45, 2.75) is 50.2 Å². The summed E-state index contributed by atoms with van der Waals surface area (Å²) in [4.78, 5) is 0. The molecule has 2 rings (SSSR count). The minimum absolute atomic E-state index is 0.00924. The molecule has 0 aromatic heterocycles. The molecule has 1 aliphatic carbocycles. The fourth-order valence-corrected chi connectivity index (χ4v) is 3.74. The van der Waals surface area contributed by atoms with E-state index in [4.69, 9.17) is 4.74 Å². The second-order valence-corrected chi connectivity index (χ2v) is 6.42. The summed E-state index contributed by atoms with van der Waals surface area (Å²) in [5.74, 6) is 0. The molecule has 0 spiro atoms. The number of halogens is 1. The van der Waals surface area contributed by atoms with Gasteiger partial charge in [0.2, 0.25) is 0 Å². The average molecular weight is 326 g/mol. The standard InChI is InChI=1S/C16H24BrNO/c1-18-15(12-13-7-6-8-14(17)11-13)16(19-2)9-4-3-5-10-16/h6-8,11,15,18H,3-5,9-10,12H2,1-2H3. The van der Waals surface area contributed by atoms with Gasteiger partial charge in [-0.1, -0.05) is 47.3 Å². The highest BCUT2D eigenvalue weighted by molar-refractivity contribution is 9.10. The second kappa shape index (κ2) is 6.87. The SMILES string of the molecule is CNC(Cc1cccc(Br)c1)C1(OC)CCCCC1. The van der Waals surface area contributed by atoms with Crippen molar-refractivity contribution in [3.05, 3.63) is 34.3 Å². The van der Waals surface area contributed by atoms with Gasteiger partial charge >= 0.3 is 0 Å². The van der Waals surface area contributed by atoms with E-state index in [-0.39, 0.29) is 5.60 Å². The Morgan fingerprint density at radius 1 is 1.32 bits per heavy atom. The highest BCUT2D eigenvalue weighted by atomic mass is 79.9. The van der Waals surface area contributed by atoms with E-state index in [1.807, 2.05) is 7.11 Å². The number of ether oxygens (including phenoxy) is 1. The monoisotopic (exact) mass is 325 g/mol. The summed E-state index contributed by atoms with van der Waals surface area (Å²) in [7, 11) is 3.93. The number of hydrogen-bond acceptors (Lipinski definition) is 2. The quantitative estimate of drug-likeness (QED) is 0.885. The summed E-state index contributed by atoms with van der Waals surface area (Å²) in [6, 6.07) is 8.96. The molecular formula is C16H24BrNO. The van der Waals surface area contributed by atoms with Crippen LogP contribution < -0.4 is 5.32 Å². The molecule has 1 unspecified atom stereocenters. The average Bonchev–Trinajstić information content (AvgIpc) is 2.45. The lowest BCUT2D eigenvalue weighted by Gasteiger charge is -2.42.